The Morgan fingerprint density at radius 2 is 1.81 bits per heavy atom. The van der Waals surface area contributed by atoms with Crippen LogP contribution in [0.25, 0.3) is 0 Å². The van der Waals surface area contributed by atoms with Crippen LogP contribution in [0.15, 0.2) is 18.2 Å². The predicted octanol–water partition coefficient (Wildman–Crippen LogP) is 2.97. The van der Waals surface area contributed by atoms with Gasteiger partial charge in [-0.25, -0.2) is 0 Å². The van der Waals surface area contributed by atoms with E-state index in [0.29, 0.717) is 24.9 Å². The highest BCUT2D eigenvalue weighted by atomic mass is 19.4. The highest BCUT2D eigenvalue weighted by Gasteiger charge is 2.40. The summed E-state index contributed by atoms with van der Waals surface area (Å²) in [6, 6.07) is 4.04. The van der Waals surface area contributed by atoms with Crippen LogP contribution in [-0.4, -0.2) is 59.8 Å². The number of ether oxygens (including phenoxy) is 1. The summed E-state index contributed by atoms with van der Waals surface area (Å²) >= 11 is 0. The lowest BCUT2D eigenvalue weighted by molar-refractivity contribution is -0.275. The minimum absolute atomic E-state index is 0.341. The molecule has 0 radical (unpaired) electrons. The Balaban J connectivity index is 1.90. The number of benzene rings is 1. The minimum atomic E-state index is -4.88. The van der Waals surface area contributed by atoms with Crippen molar-refractivity contribution in [2.24, 2.45) is 0 Å². The molecular weight excluding hydrogens is 361 g/mol. The van der Waals surface area contributed by atoms with Crippen LogP contribution < -0.4 is 10.1 Å². The molecule has 8 heteroatoms. The monoisotopic (exact) mass is 388 g/mol. The topological polar surface area (TPSA) is 65.0 Å². The third kappa shape index (κ3) is 5.27. The van der Waals surface area contributed by atoms with E-state index in [0.717, 1.165) is 45.4 Å². The lowest BCUT2D eigenvalue weighted by atomic mass is 9.72. The molecule has 1 aliphatic heterocycles. The number of rotatable bonds is 5. The van der Waals surface area contributed by atoms with Gasteiger partial charge in [0, 0.05) is 38.6 Å². The van der Waals surface area contributed by atoms with E-state index in [-0.39, 0.29) is 5.92 Å². The first kappa shape index (κ1) is 20.2. The molecule has 5 nitrogen and oxygen atoms in total. The number of aromatic hydroxyl groups is 1. The summed E-state index contributed by atoms with van der Waals surface area (Å²) < 4.78 is 42.0. The zero-order valence-corrected chi connectivity index (χ0v) is 15.3. The van der Waals surface area contributed by atoms with Crippen LogP contribution in [0.4, 0.5) is 13.2 Å². The summed E-state index contributed by atoms with van der Waals surface area (Å²) in [7, 11) is 0. The Morgan fingerprint density at radius 1 is 1.15 bits per heavy atom. The molecule has 2 aliphatic rings. The number of hydrogen-bond acceptors (Lipinski definition) is 5. The largest absolute Gasteiger partial charge is 0.573 e. The number of phenols is 1. The Bertz CT molecular complexity index is 627. The first-order valence-electron chi connectivity index (χ1n) is 9.51. The lowest BCUT2D eigenvalue weighted by Gasteiger charge is -2.42. The first-order valence-corrected chi connectivity index (χ1v) is 9.51. The zero-order valence-electron chi connectivity index (χ0n) is 15.3. The van der Waals surface area contributed by atoms with E-state index in [1.54, 1.807) is 6.07 Å². The molecule has 27 heavy (non-hydrogen) atoms. The van der Waals surface area contributed by atoms with E-state index in [9.17, 15) is 23.4 Å². The molecule has 152 valence electrons. The average Bonchev–Trinajstić information content (AvgIpc) is 2.62. The maximum atomic E-state index is 12.7. The number of nitrogens with one attached hydrogen (secondary N) is 1. The smallest absolute Gasteiger partial charge is 0.504 e. The number of nitrogens with zero attached hydrogens (tertiary/aromatic N) is 1. The summed E-state index contributed by atoms with van der Waals surface area (Å²) in [6.07, 6.45) is -0.774. The van der Waals surface area contributed by atoms with Crippen molar-refractivity contribution in [3.63, 3.8) is 0 Å². The van der Waals surface area contributed by atoms with E-state index >= 15 is 0 Å². The average molecular weight is 388 g/mol. The molecule has 1 aliphatic carbocycles. The second kappa shape index (κ2) is 8.24. The third-order valence-electron chi connectivity index (χ3n) is 5.63. The number of alkyl halides is 3. The number of phenolic OH excluding ortho intramolecular Hbond substituents is 1. The molecule has 1 aromatic carbocycles. The molecule has 1 atom stereocenters. The van der Waals surface area contributed by atoms with Crippen LogP contribution in [0.1, 0.15) is 43.6 Å². The van der Waals surface area contributed by atoms with Crippen molar-refractivity contribution in [2.45, 2.75) is 50.0 Å². The minimum Gasteiger partial charge on any atom is -0.504 e. The highest BCUT2D eigenvalue weighted by Crippen LogP contribution is 2.43. The Hall–Kier alpha value is -1.51. The van der Waals surface area contributed by atoms with Gasteiger partial charge < -0.3 is 25.2 Å². The van der Waals surface area contributed by atoms with Gasteiger partial charge in [0.05, 0.1) is 5.60 Å². The second-order valence-electron chi connectivity index (χ2n) is 7.54. The molecule has 0 amide bonds. The molecule has 1 unspecified atom stereocenters. The molecule has 1 saturated heterocycles. The maximum absolute atomic E-state index is 12.7. The van der Waals surface area contributed by atoms with Gasteiger partial charge in [-0.15, -0.1) is 13.2 Å². The predicted molar refractivity (Wildman–Crippen MR) is 94.9 cm³/mol. The van der Waals surface area contributed by atoms with Gasteiger partial charge >= 0.3 is 6.36 Å². The standard InChI is InChI=1S/C19H27F3N2O3/c20-19(21,22)27-17-12-14(4-5-16(17)25)15(13-24-10-8-23-9-11-24)18(26)6-2-1-3-7-18/h4-5,12,15,23,25-26H,1-3,6-11,13H2. The van der Waals surface area contributed by atoms with E-state index in [1.807, 2.05) is 0 Å². The van der Waals surface area contributed by atoms with Crippen LogP contribution >= 0.6 is 0 Å². The van der Waals surface area contributed by atoms with Crippen molar-refractivity contribution in [3.8, 4) is 11.5 Å². The van der Waals surface area contributed by atoms with Gasteiger partial charge in [0.25, 0.3) is 0 Å². The fourth-order valence-electron chi connectivity index (χ4n) is 4.20. The van der Waals surface area contributed by atoms with Gasteiger partial charge in [-0.3, -0.25) is 0 Å². The van der Waals surface area contributed by atoms with Crippen LogP contribution in [0, 0.1) is 0 Å². The van der Waals surface area contributed by atoms with Crippen LogP contribution in [0.3, 0.4) is 0 Å². The summed E-state index contributed by atoms with van der Waals surface area (Å²) in [5.74, 6) is -1.52. The quantitative estimate of drug-likeness (QED) is 0.724. The van der Waals surface area contributed by atoms with E-state index in [4.69, 9.17) is 0 Å². The van der Waals surface area contributed by atoms with Crippen LogP contribution in [0.2, 0.25) is 0 Å². The van der Waals surface area contributed by atoms with Gasteiger partial charge in [0.2, 0.25) is 0 Å². The third-order valence-corrected chi connectivity index (χ3v) is 5.63. The van der Waals surface area contributed by atoms with Gasteiger partial charge in [-0.05, 0) is 30.5 Å². The van der Waals surface area contributed by atoms with Crippen molar-refractivity contribution in [1.29, 1.82) is 0 Å². The molecule has 2 fully saturated rings. The number of halogens is 3. The summed E-state index contributed by atoms with van der Waals surface area (Å²) in [5.41, 5.74) is -0.398. The van der Waals surface area contributed by atoms with Gasteiger partial charge in [0.15, 0.2) is 11.5 Å². The van der Waals surface area contributed by atoms with Crippen molar-refractivity contribution < 1.29 is 28.1 Å². The Labute approximate surface area is 157 Å². The van der Waals surface area contributed by atoms with E-state index < -0.39 is 23.5 Å². The fraction of sp³-hybridized carbons (Fsp3) is 0.684. The first-order chi connectivity index (χ1) is 12.8. The molecule has 0 spiro atoms. The number of piperazine rings is 1. The summed E-state index contributed by atoms with van der Waals surface area (Å²) in [6.45, 7) is 3.92. The fourth-order valence-corrected chi connectivity index (χ4v) is 4.20. The molecular formula is C19H27F3N2O3. The zero-order chi connectivity index (χ0) is 19.5. The van der Waals surface area contributed by atoms with E-state index in [1.165, 1.54) is 12.1 Å². The lowest BCUT2D eigenvalue weighted by Crippen LogP contribution is -2.49. The summed E-state index contributed by atoms with van der Waals surface area (Å²) in [5, 5.41) is 24.4. The van der Waals surface area contributed by atoms with Crippen molar-refractivity contribution in [3.05, 3.63) is 23.8 Å². The highest BCUT2D eigenvalue weighted by molar-refractivity contribution is 5.44. The van der Waals surface area contributed by atoms with Gasteiger partial charge in [-0.1, -0.05) is 25.3 Å². The molecule has 1 aromatic rings. The molecule has 3 N–H and O–H groups in total. The van der Waals surface area contributed by atoms with Crippen molar-refractivity contribution in [1.82, 2.24) is 10.2 Å². The summed E-state index contributed by atoms with van der Waals surface area (Å²) in [4.78, 5) is 2.23. The van der Waals surface area contributed by atoms with Gasteiger partial charge in [-0.2, -0.15) is 0 Å². The molecule has 1 saturated carbocycles. The van der Waals surface area contributed by atoms with E-state index in [2.05, 4.69) is 15.0 Å². The van der Waals surface area contributed by atoms with Crippen LogP contribution in [0.5, 0.6) is 11.5 Å². The van der Waals surface area contributed by atoms with Crippen LogP contribution in [-0.2, 0) is 0 Å². The maximum Gasteiger partial charge on any atom is 0.573 e. The molecule has 0 aromatic heterocycles. The Morgan fingerprint density at radius 3 is 2.44 bits per heavy atom. The van der Waals surface area contributed by atoms with Crippen molar-refractivity contribution in [2.75, 3.05) is 32.7 Å². The SMILES string of the molecule is Oc1ccc(C(CN2CCNCC2)C2(O)CCCCC2)cc1OC(F)(F)F. The number of hydrogen-bond donors (Lipinski definition) is 3. The molecule has 1 heterocycles. The normalized spacial score (nSPS) is 22.4. The second-order valence-corrected chi connectivity index (χ2v) is 7.54. The Kier molecular flexibility index (Phi) is 6.18. The molecule has 3 rings (SSSR count). The number of aliphatic hydroxyl groups is 1. The van der Waals surface area contributed by atoms with Crippen molar-refractivity contribution >= 4 is 0 Å². The molecule has 0 bridgehead atoms. The van der Waals surface area contributed by atoms with Gasteiger partial charge in [0.1, 0.15) is 0 Å².